The highest BCUT2D eigenvalue weighted by Gasteiger charge is 2.29. The summed E-state index contributed by atoms with van der Waals surface area (Å²) >= 11 is 9.60. The van der Waals surface area contributed by atoms with Crippen LogP contribution in [0.1, 0.15) is 56.2 Å². The average molecular weight is 380 g/mol. The molecule has 0 saturated heterocycles. The predicted molar refractivity (Wildman–Crippen MR) is 83.4 cm³/mol. The first-order valence-corrected chi connectivity index (χ1v) is 8.73. The van der Waals surface area contributed by atoms with Crippen molar-refractivity contribution in [3.63, 3.8) is 0 Å². The van der Waals surface area contributed by atoms with Crippen LogP contribution in [0.15, 0.2) is 9.37 Å². The molecule has 0 bridgehead atoms. The molecular weight excluding hydrogens is 364 g/mol. The summed E-state index contributed by atoms with van der Waals surface area (Å²) in [5.74, 6) is -0.251. The number of rotatable bonds is 3. The largest absolute Gasteiger partial charge is 0.239 e. The summed E-state index contributed by atoms with van der Waals surface area (Å²) in [6.07, 6.45) is 0. The number of nitrogens with two attached hydrogens (primary N) is 1. The number of nitrogens with zero attached hydrogens (tertiary/aromatic N) is 1. The third kappa shape index (κ3) is 3.01. The van der Waals surface area contributed by atoms with E-state index in [0.29, 0.717) is 21.2 Å². The maximum Gasteiger partial charge on any atom is 0.239 e. The first-order chi connectivity index (χ1) is 9.03. The second-order valence-corrected chi connectivity index (χ2v) is 7.79. The summed E-state index contributed by atoms with van der Waals surface area (Å²) < 4.78 is 24.2. The Balaban J connectivity index is 4.10. The molecule has 0 atom stereocenters. The predicted octanol–water partition coefficient (Wildman–Crippen LogP) is 3.87. The molecular formula is C13H16BrClN2O2S. The lowest BCUT2D eigenvalue weighted by Crippen LogP contribution is -2.18. The van der Waals surface area contributed by atoms with E-state index in [0.717, 1.165) is 0 Å². The first-order valence-electron chi connectivity index (χ1n) is 6.01. The van der Waals surface area contributed by atoms with Crippen molar-refractivity contribution in [2.45, 2.75) is 44.4 Å². The minimum Gasteiger partial charge on any atom is -0.225 e. The molecule has 0 aromatic heterocycles. The van der Waals surface area contributed by atoms with E-state index < -0.39 is 10.0 Å². The molecule has 0 spiro atoms. The molecule has 0 radical (unpaired) electrons. The molecule has 1 rings (SSSR count). The Bertz CT molecular complexity index is 692. The molecule has 1 aromatic rings. The van der Waals surface area contributed by atoms with E-state index in [-0.39, 0.29) is 21.8 Å². The Hall–Kier alpha value is -0.610. The number of hydrogen-bond acceptors (Lipinski definition) is 3. The van der Waals surface area contributed by atoms with E-state index in [9.17, 15) is 13.7 Å². The quantitative estimate of drug-likeness (QED) is 0.865. The normalized spacial score (nSPS) is 12.0. The lowest BCUT2D eigenvalue weighted by Gasteiger charge is -2.21. The maximum absolute atomic E-state index is 11.9. The highest BCUT2D eigenvalue weighted by molar-refractivity contribution is 9.10. The molecule has 0 aliphatic carbocycles. The van der Waals surface area contributed by atoms with Crippen LogP contribution in [0.2, 0.25) is 5.02 Å². The molecule has 0 fully saturated rings. The van der Waals surface area contributed by atoms with Crippen LogP contribution in [-0.2, 0) is 10.0 Å². The lowest BCUT2D eigenvalue weighted by molar-refractivity contribution is 0.595. The topological polar surface area (TPSA) is 84.0 Å². The highest BCUT2D eigenvalue weighted by Crippen LogP contribution is 2.43. The summed E-state index contributed by atoms with van der Waals surface area (Å²) in [5.41, 5.74) is 1.30. The van der Waals surface area contributed by atoms with Gasteiger partial charge in [0.15, 0.2) is 0 Å². The van der Waals surface area contributed by atoms with E-state index in [1.54, 1.807) is 0 Å². The monoisotopic (exact) mass is 378 g/mol. The number of sulfonamides is 1. The van der Waals surface area contributed by atoms with Crippen molar-refractivity contribution < 1.29 is 8.42 Å². The second-order valence-electron chi connectivity index (χ2n) is 5.13. The van der Waals surface area contributed by atoms with Crippen molar-refractivity contribution >= 4 is 37.6 Å². The number of benzene rings is 1. The zero-order valence-corrected chi connectivity index (χ0v) is 14.8. The van der Waals surface area contributed by atoms with Crippen molar-refractivity contribution in [3.8, 4) is 6.07 Å². The van der Waals surface area contributed by atoms with Crippen LogP contribution >= 0.6 is 27.5 Å². The maximum atomic E-state index is 11.9. The molecule has 0 aliphatic heterocycles. The Labute approximate surface area is 133 Å². The van der Waals surface area contributed by atoms with Crippen molar-refractivity contribution in [1.82, 2.24) is 0 Å². The van der Waals surface area contributed by atoms with Gasteiger partial charge in [-0.25, -0.2) is 13.6 Å². The Morgan fingerprint density at radius 1 is 1.20 bits per heavy atom. The molecule has 110 valence electrons. The van der Waals surface area contributed by atoms with Gasteiger partial charge in [0, 0.05) is 4.47 Å². The van der Waals surface area contributed by atoms with Gasteiger partial charge in [0.25, 0.3) is 0 Å². The molecule has 20 heavy (non-hydrogen) atoms. The molecule has 0 saturated carbocycles. The first kappa shape index (κ1) is 17.4. The molecule has 4 nitrogen and oxygen atoms in total. The van der Waals surface area contributed by atoms with Crippen LogP contribution < -0.4 is 5.14 Å². The molecule has 1 aromatic carbocycles. The van der Waals surface area contributed by atoms with E-state index in [2.05, 4.69) is 22.0 Å². The molecule has 0 heterocycles. The smallest absolute Gasteiger partial charge is 0.225 e. The fourth-order valence-corrected chi connectivity index (χ4v) is 4.98. The lowest BCUT2D eigenvalue weighted by atomic mass is 9.92. The van der Waals surface area contributed by atoms with Crippen LogP contribution in [-0.4, -0.2) is 8.42 Å². The third-order valence-corrected chi connectivity index (χ3v) is 5.28. The zero-order chi connectivity index (χ0) is 15.8. The summed E-state index contributed by atoms with van der Waals surface area (Å²) in [4.78, 5) is -0.0938. The van der Waals surface area contributed by atoms with Gasteiger partial charge in [-0.1, -0.05) is 39.3 Å². The standard InChI is InChI=1S/C13H16BrClN2O2S/c1-6(2)9-8(5-16)11(14)10(7(3)4)13(12(9)15)20(17,18)19/h6-7H,1-4H3,(H2,17,18,19). The average Bonchev–Trinajstić information content (AvgIpc) is 2.27. The second kappa shape index (κ2) is 6.02. The third-order valence-electron chi connectivity index (χ3n) is 2.96. The summed E-state index contributed by atoms with van der Waals surface area (Å²) in [7, 11) is -3.98. The van der Waals surface area contributed by atoms with Gasteiger partial charge >= 0.3 is 0 Å². The van der Waals surface area contributed by atoms with Crippen LogP contribution in [0.3, 0.4) is 0 Å². The van der Waals surface area contributed by atoms with E-state index >= 15 is 0 Å². The van der Waals surface area contributed by atoms with Crippen molar-refractivity contribution in [1.29, 1.82) is 5.26 Å². The van der Waals surface area contributed by atoms with Gasteiger partial charge in [0.1, 0.15) is 11.0 Å². The van der Waals surface area contributed by atoms with Crippen LogP contribution in [0, 0.1) is 11.3 Å². The number of primary sulfonamides is 1. The summed E-state index contributed by atoms with van der Waals surface area (Å²) in [6, 6.07) is 2.09. The number of hydrogen-bond donors (Lipinski definition) is 1. The minimum atomic E-state index is -3.98. The van der Waals surface area contributed by atoms with E-state index in [1.165, 1.54) is 0 Å². The van der Waals surface area contributed by atoms with Gasteiger partial charge in [-0.15, -0.1) is 0 Å². The van der Waals surface area contributed by atoms with Gasteiger partial charge in [0.2, 0.25) is 10.0 Å². The van der Waals surface area contributed by atoms with Crippen molar-refractivity contribution in [2.75, 3.05) is 0 Å². The molecule has 7 heteroatoms. The van der Waals surface area contributed by atoms with Gasteiger partial charge in [-0.05, 0) is 38.9 Å². The Morgan fingerprint density at radius 3 is 1.95 bits per heavy atom. The molecule has 0 unspecified atom stereocenters. The highest BCUT2D eigenvalue weighted by atomic mass is 79.9. The molecule has 0 aliphatic rings. The number of halogens is 2. The zero-order valence-electron chi connectivity index (χ0n) is 11.7. The van der Waals surface area contributed by atoms with Gasteiger partial charge in [-0.3, -0.25) is 0 Å². The Morgan fingerprint density at radius 2 is 1.65 bits per heavy atom. The van der Waals surface area contributed by atoms with Crippen LogP contribution in [0.4, 0.5) is 0 Å². The van der Waals surface area contributed by atoms with Gasteiger partial charge < -0.3 is 0 Å². The fraction of sp³-hybridized carbons (Fsp3) is 0.462. The Kier molecular flexibility index (Phi) is 5.25. The fourth-order valence-electron chi connectivity index (χ4n) is 2.15. The SMILES string of the molecule is CC(C)c1c(Cl)c(S(N)(=O)=O)c(C(C)C)c(Br)c1C#N. The van der Waals surface area contributed by atoms with Gasteiger partial charge in [-0.2, -0.15) is 5.26 Å². The summed E-state index contributed by atoms with van der Waals surface area (Å²) in [5, 5.41) is 14.7. The van der Waals surface area contributed by atoms with Gasteiger partial charge in [0.05, 0.1) is 10.6 Å². The van der Waals surface area contributed by atoms with Crippen molar-refractivity contribution in [3.05, 3.63) is 26.2 Å². The number of nitriles is 1. The molecule has 0 amide bonds. The minimum absolute atomic E-state index is 0.0472. The molecule has 2 N–H and O–H groups in total. The van der Waals surface area contributed by atoms with E-state index in [1.807, 2.05) is 27.7 Å². The van der Waals surface area contributed by atoms with Crippen LogP contribution in [0.25, 0.3) is 0 Å². The van der Waals surface area contributed by atoms with E-state index in [4.69, 9.17) is 16.7 Å². The summed E-state index contributed by atoms with van der Waals surface area (Å²) in [6.45, 7) is 7.33. The van der Waals surface area contributed by atoms with Crippen LogP contribution in [0.5, 0.6) is 0 Å². The van der Waals surface area contributed by atoms with Crippen molar-refractivity contribution in [2.24, 2.45) is 5.14 Å².